The Hall–Kier alpha value is -2.00. The number of rotatable bonds is 5. The summed E-state index contributed by atoms with van der Waals surface area (Å²) in [4.78, 5) is 24.1. The second-order valence-corrected chi connectivity index (χ2v) is 7.45. The lowest BCUT2D eigenvalue weighted by Gasteiger charge is -2.32. The SMILES string of the molecule is CS(=O)(=O)NC1CCCN(C(=O)Cc2ccc([N+](=O)[O-])cc2)C1. The van der Waals surface area contributed by atoms with Crippen LogP contribution in [0.25, 0.3) is 0 Å². The highest BCUT2D eigenvalue weighted by molar-refractivity contribution is 7.88. The van der Waals surface area contributed by atoms with Gasteiger partial charge in [-0.15, -0.1) is 0 Å². The lowest BCUT2D eigenvalue weighted by Crippen LogP contribution is -2.49. The Kier molecular flexibility index (Phi) is 5.32. The van der Waals surface area contributed by atoms with Crippen LogP contribution in [0, 0.1) is 10.1 Å². The predicted octanol–water partition coefficient (Wildman–Crippen LogP) is 0.678. The van der Waals surface area contributed by atoms with Crippen molar-refractivity contribution in [3.05, 3.63) is 39.9 Å². The smallest absolute Gasteiger partial charge is 0.269 e. The highest BCUT2D eigenvalue weighted by Crippen LogP contribution is 2.15. The molecule has 8 nitrogen and oxygen atoms in total. The molecule has 1 aromatic rings. The minimum absolute atomic E-state index is 0.0170. The number of piperidine rings is 1. The van der Waals surface area contributed by atoms with E-state index in [2.05, 4.69) is 4.72 Å². The average Bonchev–Trinajstić information content (AvgIpc) is 2.46. The lowest BCUT2D eigenvalue weighted by molar-refractivity contribution is -0.384. The molecule has 1 aromatic carbocycles. The largest absolute Gasteiger partial charge is 0.341 e. The molecule has 1 aliphatic rings. The van der Waals surface area contributed by atoms with Crippen molar-refractivity contribution in [2.45, 2.75) is 25.3 Å². The standard InChI is InChI=1S/C14H19N3O5S/c1-23(21,22)15-12-3-2-8-16(10-12)14(18)9-11-4-6-13(7-5-11)17(19)20/h4-7,12,15H,2-3,8-10H2,1H3. The van der Waals surface area contributed by atoms with Crippen LogP contribution in [0.2, 0.25) is 0 Å². The van der Waals surface area contributed by atoms with Gasteiger partial charge in [-0.05, 0) is 18.4 Å². The molecule has 1 unspecified atom stereocenters. The van der Waals surface area contributed by atoms with Crippen molar-refractivity contribution in [2.24, 2.45) is 0 Å². The van der Waals surface area contributed by atoms with E-state index in [9.17, 15) is 23.3 Å². The maximum atomic E-state index is 12.3. The van der Waals surface area contributed by atoms with E-state index in [1.807, 2.05) is 0 Å². The number of benzene rings is 1. The van der Waals surface area contributed by atoms with Crippen LogP contribution in [-0.4, -0.2) is 49.5 Å². The van der Waals surface area contributed by atoms with Gasteiger partial charge >= 0.3 is 0 Å². The fourth-order valence-electron chi connectivity index (χ4n) is 2.62. The molecule has 1 atom stereocenters. The van der Waals surface area contributed by atoms with Gasteiger partial charge in [0.25, 0.3) is 5.69 Å². The van der Waals surface area contributed by atoms with Gasteiger partial charge in [0.05, 0.1) is 17.6 Å². The number of hydrogen-bond acceptors (Lipinski definition) is 5. The lowest BCUT2D eigenvalue weighted by atomic mass is 10.0. The molecule has 1 heterocycles. The number of nitro benzene ring substituents is 1. The quantitative estimate of drug-likeness (QED) is 0.625. The summed E-state index contributed by atoms with van der Waals surface area (Å²) in [7, 11) is -3.30. The molecule has 0 aromatic heterocycles. The Morgan fingerprint density at radius 2 is 2.04 bits per heavy atom. The molecule has 1 N–H and O–H groups in total. The van der Waals surface area contributed by atoms with E-state index >= 15 is 0 Å². The Morgan fingerprint density at radius 1 is 1.39 bits per heavy atom. The van der Waals surface area contributed by atoms with Gasteiger partial charge in [-0.25, -0.2) is 13.1 Å². The zero-order valence-corrected chi connectivity index (χ0v) is 13.6. The van der Waals surface area contributed by atoms with Crippen LogP contribution in [0.1, 0.15) is 18.4 Å². The summed E-state index contributed by atoms with van der Waals surface area (Å²) >= 11 is 0. The van der Waals surface area contributed by atoms with E-state index in [0.29, 0.717) is 25.1 Å². The van der Waals surface area contributed by atoms with E-state index in [1.54, 1.807) is 17.0 Å². The molecule has 2 rings (SSSR count). The number of sulfonamides is 1. The molecular formula is C14H19N3O5S. The summed E-state index contributed by atoms with van der Waals surface area (Å²) in [6, 6.07) is 5.59. The van der Waals surface area contributed by atoms with Gasteiger partial charge in [-0.3, -0.25) is 14.9 Å². The predicted molar refractivity (Wildman–Crippen MR) is 84.4 cm³/mol. The summed E-state index contributed by atoms with van der Waals surface area (Å²) in [6.07, 6.45) is 2.68. The number of nitrogens with one attached hydrogen (secondary N) is 1. The van der Waals surface area contributed by atoms with Crippen LogP contribution in [-0.2, 0) is 21.2 Å². The van der Waals surface area contributed by atoms with Crippen LogP contribution in [0.3, 0.4) is 0 Å². The molecule has 1 saturated heterocycles. The van der Waals surface area contributed by atoms with Crippen molar-refractivity contribution in [3.8, 4) is 0 Å². The number of hydrogen-bond donors (Lipinski definition) is 1. The fraction of sp³-hybridized carbons (Fsp3) is 0.500. The molecule has 1 aliphatic heterocycles. The zero-order valence-electron chi connectivity index (χ0n) is 12.8. The first-order chi connectivity index (χ1) is 10.7. The number of amides is 1. The first-order valence-electron chi connectivity index (χ1n) is 7.23. The van der Waals surface area contributed by atoms with Crippen molar-refractivity contribution in [1.29, 1.82) is 0 Å². The number of nitro groups is 1. The Labute approximate surface area is 134 Å². The third-order valence-electron chi connectivity index (χ3n) is 3.66. The first kappa shape index (κ1) is 17.4. The third-order valence-corrected chi connectivity index (χ3v) is 4.42. The molecule has 0 spiro atoms. The summed E-state index contributed by atoms with van der Waals surface area (Å²) in [5.74, 6) is -0.112. The molecule has 1 fully saturated rings. The van der Waals surface area contributed by atoms with Gasteiger partial charge in [0.15, 0.2) is 0 Å². The van der Waals surface area contributed by atoms with E-state index in [0.717, 1.165) is 12.7 Å². The topological polar surface area (TPSA) is 110 Å². The van der Waals surface area contributed by atoms with Crippen molar-refractivity contribution in [2.75, 3.05) is 19.3 Å². The van der Waals surface area contributed by atoms with Crippen LogP contribution in [0.15, 0.2) is 24.3 Å². The van der Waals surface area contributed by atoms with E-state index < -0.39 is 14.9 Å². The molecule has 0 aliphatic carbocycles. The molecule has 0 bridgehead atoms. The van der Waals surface area contributed by atoms with Gasteiger partial charge in [0, 0.05) is 31.3 Å². The second-order valence-electron chi connectivity index (χ2n) is 5.67. The number of carbonyl (C=O) groups is 1. The molecule has 9 heteroatoms. The van der Waals surface area contributed by atoms with Gasteiger partial charge in [-0.2, -0.15) is 0 Å². The highest BCUT2D eigenvalue weighted by Gasteiger charge is 2.25. The van der Waals surface area contributed by atoms with Crippen molar-refractivity contribution in [1.82, 2.24) is 9.62 Å². The number of nitrogens with zero attached hydrogens (tertiary/aromatic N) is 2. The van der Waals surface area contributed by atoms with E-state index in [-0.39, 0.29) is 24.1 Å². The van der Waals surface area contributed by atoms with Crippen LogP contribution in [0.5, 0.6) is 0 Å². The summed E-state index contributed by atoms with van der Waals surface area (Å²) in [5.41, 5.74) is 0.676. The number of likely N-dealkylation sites (tertiary alicyclic amines) is 1. The third kappa shape index (κ3) is 5.29. The Balaban J connectivity index is 1.95. The fourth-order valence-corrected chi connectivity index (χ4v) is 3.42. The maximum absolute atomic E-state index is 12.3. The molecule has 23 heavy (non-hydrogen) atoms. The minimum atomic E-state index is -3.30. The highest BCUT2D eigenvalue weighted by atomic mass is 32.2. The zero-order chi connectivity index (χ0) is 17.0. The maximum Gasteiger partial charge on any atom is 0.269 e. The molecule has 126 valence electrons. The average molecular weight is 341 g/mol. The monoisotopic (exact) mass is 341 g/mol. The van der Waals surface area contributed by atoms with Crippen molar-refractivity contribution >= 4 is 21.6 Å². The van der Waals surface area contributed by atoms with E-state index in [1.165, 1.54) is 12.1 Å². The van der Waals surface area contributed by atoms with Gasteiger partial charge in [-0.1, -0.05) is 12.1 Å². The first-order valence-corrected chi connectivity index (χ1v) is 9.12. The summed E-state index contributed by atoms with van der Waals surface area (Å²) in [6.45, 7) is 0.937. The molecule has 0 saturated carbocycles. The van der Waals surface area contributed by atoms with Crippen LogP contribution >= 0.6 is 0 Å². The second kappa shape index (κ2) is 7.05. The number of carbonyl (C=O) groups excluding carboxylic acids is 1. The Morgan fingerprint density at radius 3 is 2.61 bits per heavy atom. The molecular weight excluding hydrogens is 322 g/mol. The van der Waals surface area contributed by atoms with Gasteiger partial charge in [0.2, 0.25) is 15.9 Å². The van der Waals surface area contributed by atoms with Crippen LogP contribution in [0.4, 0.5) is 5.69 Å². The van der Waals surface area contributed by atoms with E-state index in [4.69, 9.17) is 0 Å². The summed E-state index contributed by atoms with van der Waals surface area (Å²) < 4.78 is 25.1. The van der Waals surface area contributed by atoms with Gasteiger partial charge < -0.3 is 4.90 Å². The van der Waals surface area contributed by atoms with Crippen LogP contribution < -0.4 is 4.72 Å². The Bertz CT molecular complexity index is 687. The van der Waals surface area contributed by atoms with Crippen molar-refractivity contribution in [3.63, 3.8) is 0 Å². The normalized spacial score (nSPS) is 18.7. The number of non-ortho nitro benzene ring substituents is 1. The minimum Gasteiger partial charge on any atom is -0.341 e. The summed E-state index contributed by atoms with van der Waals surface area (Å²) in [5, 5.41) is 10.6. The van der Waals surface area contributed by atoms with Crippen molar-refractivity contribution < 1.29 is 18.1 Å². The van der Waals surface area contributed by atoms with Gasteiger partial charge in [0.1, 0.15) is 0 Å². The molecule has 0 radical (unpaired) electrons. The molecule has 1 amide bonds.